The van der Waals surface area contributed by atoms with Crippen LogP contribution in [0.2, 0.25) is 0 Å². The number of nitrogens with one attached hydrogen (secondary N) is 8. The molecule has 2 saturated heterocycles. The van der Waals surface area contributed by atoms with E-state index in [1.165, 1.54) is 4.90 Å². The fourth-order valence-electron chi connectivity index (χ4n) is 10.4. The predicted molar refractivity (Wildman–Crippen MR) is 390 cm³/mol. The minimum atomic E-state index is -1.61. The average molecular weight is 1610 g/mol. The second kappa shape index (κ2) is 46.6. The summed E-state index contributed by atoms with van der Waals surface area (Å²) in [6.45, 7) is 20.5. The van der Waals surface area contributed by atoms with Gasteiger partial charge < -0.3 is 111 Å². The smallest absolute Gasteiger partial charge is 0.478 e. The van der Waals surface area contributed by atoms with E-state index in [9.17, 15) is 62.3 Å². The van der Waals surface area contributed by atoms with Crippen molar-refractivity contribution < 1.29 is 148 Å². The molecule has 0 saturated carbocycles. The lowest BCUT2D eigenvalue weighted by molar-refractivity contribution is -0.155. The highest BCUT2D eigenvalue weighted by atomic mass is 16.8. The molecule has 113 heavy (non-hydrogen) atoms. The van der Waals surface area contributed by atoms with E-state index in [4.69, 9.17) is 91.7 Å². The van der Waals surface area contributed by atoms with Crippen molar-refractivity contribution in [2.45, 2.75) is 206 Å². The molecule has 634 valence electrons. The zero-order valence-corrected chi connectivity index (χ0v) is 66.6. The largest absolute Gasteiger partial charge is 0.508 e. The molecule has 4 aliphatic rings. The van der Waals surface area contributed by atoms with Crippen LogP contribution in [0.1, 0.15) is 123 Å². The zero-order chi connectivity index (χ0) is 84.2. The van der Waals surface area contributed by atoms with Crippen LogP contribution < -0.4 is 42.5 Å². The summed E-state index contributed by atoms with van der Waals surface area (Å²) in [6.07, 6.45) is -7.64. The van der Waals surface area contributed by atoms with Gasteiger partial charge in [0.2, 0.25) is 53.0 Å². The number of guanidine groups is 2. The van der Waals surface area contributed by atoms with Gasteiger partial charge in [-0.15, -0.1) is 6.42 Å². The number of nitrogens with zero attached hydrogens (tertiary/aromatic N) is 3. The lowest BCUT2D eigenvalue weighted by atomic mass is 9.92. The number of hydrogen-bond acceptors (Lipinski definition) is 33. The second-order valence-corrected chi connectivity index (χ2v) is 29.1. The van der Waals surface area contributed by atoms with Crippen molar-refractivity contribution in [3.63, 3.8) is 0 Å². The number of carbonyl (C=O) groups excluding carboxylic acids is 13. The number of methoxy groups -OCH3 is 2. The van der Waals surface area contributed by atoms with E-state index in [1.54, 1.807) is 83.1 Å². The second-order valence-electron chi connectivity index (χ2n) is 29.1. The van der Waals surface area contributed by atoms with Gasteiger partial charge in [0.15, 0.2) is 24.4 Å². The third-order valence-electron chi connectivity index (χ3n) is 14.8. The number of hydrogen-bond donors (Lipinski definition) is 8. The Balaban J connectivity index is 1.54. The number of amides is 9. The van der Waals surface area contributed by atoms with E-state index in [2.05, 4.69) is 58.4 Å². The minimum Gasteiger partial charge on any atom is -0.478 e. The molecule has 8 N–H and O–H groups in total. The summed E-state index contributed by atoms with van der Waals surface area (Å²) in [5.74, 6) is -5.19. The number of ether oxygens (including phenoxy) is 18. The van der Waals surface area contributed by atoms with Crippen LogP contribution in [0, 0.1) is 12.3 Å². The molecule has 0 aromatic heterocycles. The van der Waals surface area contributed by atoms with Crippen LogP contribution >= 0.6 is 0 Å². The number of cyclic esters (lactones) is 4. The molecule has 0 radical (unpaired) electrons. The normalized spacial score (nSPS) is 19.7. The fourth-order valence-corrected chi connectivity index (χ4v) is 10.4. The van der Waals surface area contributed by atoms with E-state index >= 15 is 0 Å². The summed E-state index contributed by atoms with van der Waals surface area (Å²) in [7, 11) is 2.08. The molecule has 0 unspecified atom stereocenters. The Labute approximate surface area is 654 Å². The number of alkyl carbamates (subject to hydrolysis) is 4. The number of terminal acetylenes is 1. The van der Waals surface area contributed by atoms with E-state index in [0.29, 0.717) is 19.6 Å². The fraction of sp³-hybridized carbons (Fsp3) is 0.704. The third kappa shape index (κ3) is 37.7. The maximum absolute atomic E-state index is 13.9. The predicted octanol–water partition coefficient (Wildman–Crippen LogP) is 1.62. The Morgan fingerprint density at radius 3 is 1.20 bits per heavy atom. The minimum absolute atomic E-state index is 0.00455. The summed E-state index contributed by atoms with van der Waals surface area (Å²) >= 11 is 0. The Kier molecular flexibility index (Phi) is 39.2. The zero-order valence-electron chi connectivity index (χ0n) is 66.6. The average Bonchev–Trinajstić information content (AvgIpc) is 1.74. The standard InChI is InChI=1S/C71H109N11O31/c1-18-27-98-29-31-100-33-34-101-32-30-99-28-22-51(87)82(26-21-24-73-50(86)40-103-55(48-38-105-67(95)109-48)57-53(75-42(3)84)44(36-46(107-57)59(89)97-17)77-61(80-64(92)112-70(10,11)12)81-65(93)113-71(13,14)15)25-20-19-23-72-49(85)39-102-54(47-37-104-66(94)108-47)56-52(74-41(2)83)43(35-45(106-56)58(88)96-16)76-60(78-62(90)110-68(4,5)6)79-63(91)111-69(7,8)9/h1,35-36,43-44,47-48,52-57H,19-34,37-40H2,2-17H3,(H,72,85)(H,73,86)(H,74,83)(H,75,84)(H2,76,78,79,90,91)(H2,77,80,81,92,93)/t43-,44-,47+,48+,52+,53+,54+,55+,56+,57+/m0/s1. The first-order chi connectivity index (χ1) is 53.1. The van der Waals surface area contributed by atoms with Crippen LogP contribution in [0.4, 0.5) is 28.8 Å². The monoisotopic (exact) mass is 1610 g/mol. The first-order valence-corrected chi connectivity index (χ1v) is 36.1. The van der Waals surface area contributed by atoms with Gasteiger partial charge in [-0.05, 0) is 114 Å². The first-order valence-electron chi connectivity index (χ1n) is 36.1. The molecular formula is C71H109N11O31. The number of rotatable bonds is 38. The van der Waals surface area contributed by atoms with Crippen molar-refractivity contribution in [2.75, 3.05) is 120 Å². The third-order valence-corrected chi connectivity index (χ3v) is 14.8. The first kappa shape index (κ1) is 95.0. The van der Waals surface area contributed by atoms with Crippen LogP contribution in [0.3, 0.4) is 0 Å². The van der Waals surface area contributed by atoms with Gasteiger partial charge in [-0.25, -0.2) is 48.3 Å². The van der Waals surface area contributed by atoms with Crippen molar-refractivity contribution in [2.24, 2.45) is 9.98 Å². The highest BCUT2D eigenvalue weighted by Gasteiger charge is 2.51. The highest BCUT2D eigenvalue weighted by Crippen LogP contribution is 2.32. The lowest BCUT2D eigenvalue weighted by Crippen LogP contribution is -2.61. The summed E-state index contributed by atoms with van der Waals surface area (Å²) in [4.78, 5) is 182. The van der Waals surface area contributed by atoms with Crippen molar-refractivity contribution in [1.29, 1.82) is 0 Å². The van der Waals surface area contributed by atoms with E-state index in [1.807, 2.05) is 0 Å². The van der Waals surface area contributed by atoms with Gasteiger partial charge in [-0.3, -0.25) is 45.2 Å². The molecule has 0 aromatic carbocycles. The van der Waals surface area contributed by atoms with Crippen molar-refractivity contribution >= 4 is 90.1 Å². The lowest BCUT2D eigenvalue weighted by Gasteiger charge is -2.40. The molecule has 2 fully saturated rings. The Morgan fingerprint density at radius 1 is 0.513 bits per heavy atom. The van der Waals surface area contributed by atoms with Gasteiger partial charge in [0, 0.05) is 40.0 Å². The molecular weight excluding hydrogens is 1500 g/mol. The van der Waals surface area contributed by atoms with Crippen molar-refractivity contribution in [1.82, 2.24) is 47.4 Å². The molecule has 42 nitrogen and oxygen atoms in total. The van der Waals surface area contributed by atoms with Gasteiger partial charge in [-0.1, -0.05) is 5.92 Å². The SMILES string of the molecule is C#CCOCCOCCOCCOCCC(=O)N(CCCCNC(=O)CO[C@@H]([C@@H]1OC(C(=O)OC)=C[C@H](N=C(NC(=O)OC(C)(C)C)NC(=O)OC(C)(C)C)[C@H]1NC(C)=O)[C@H]1COC(=O)O1)CCCNC(=O)CO[C@@H]([C@@H]1OC(C(=O)OC)=C[C@H](N=C(NC(=O)OC(C)(C)C)NC(=O)OC(C)(C)C)[C@H]1NC(C)=O)[C@H]1COC(=O)O1. The molecule has 0 aromatic rings. The van der Waals surface area contributed by atoms with Crippen LogP contribution in [0.5, 0.6) is 0 Å². The molecule has 9 amide bonds. The topological polar surface area (TPSA) is 512 Å². The maximum Gasteiger partial charge on any atom is 0.508 e. The summed E-state index contributed by atoms with van der Waals surface area (Å²) < 4.78 is 98.9. The Morgan fingerprint density at radius 2 is 0.867 bits per heavy atom. The van der Waals surface area contributed by atoms with Gasteiger partial charge >= 0.3 is 48.6 Å². The van der Waals surface area contributed by atoms with E-state index in [-0.39, 0.29) is 91.0 Å². The summed E-state index contributed by atoms with van der Waals surface area (Å²) in [5, 5.41) is 20.1. The van der Waals surface area contributed by atoms with Gasteiger partial charge in [-0.2, -0.15) is 0 Å². The number of unbranched alkanes of at least 4 members (excludes halogenated alkanes) is 1. The summed E-state index contributed by atoms with van der Waals surface area (Å²) in [6, 6.07) is -5.78. The maximum atomic E-state index is 13.9. The van der Waals surface area contributed by atoms with Crippen LogP contribution in [-0.2, 0) is 119 Å². The van der Waals surface area contributed by atoms with E-state index in [0.717, 1.165) is 40.2 Å². The molecule has 4 heterocycles. The molecule has 10 atom stereocenters. The molecule has 0 spiro atoms. The Hall–Kier alpha value is -10.3. The molecule has 0 bridgehead atoms. The molecule has 0 aliphatic carbocycles. The molecule has 4 rings (SSSR count). The van der Waals surface area contributed by atoms with Gasteiger partial charge in [0.25, 0.3) is 0 Å². The van der Waals surface area contributed by atoms with Gasteiger partial charge in [0.1, 0.15) is 67.6 Å². The quantitative estimate of drug-likeness (QED) is 0.0109. The Bertz CT molecular complexity index is 3360. The number of esters is 2. The highest BCUT2D eigenvalue weighted by molar-refractivity contribution is 6.02. The van der Waals surface area contributed by atoms with E-state index < -0.39 is 205 Å². The number of carbonyl (C=O) groups is 13. The van der Waals surface area contributed by atoms with Crippen molar-refractivity contribution in [3.8, 4) is 12.3 Å². The molecule has 42 heteroatoms. The van der Waals surface area contributed by atoms with Crippen LogP contribution in [0.15, 0.2) is 33.7 Å². The van der Waals surface area contributed by atoms with Gasteiger partial charge in [0.05, 0.1) is 91.1 Å². The van der Waals surface area contributed by atoms with Crippen molar-refractivity contribution in [3.05, 3.63) is 23.7 Å². The number of aliphatic imine (C=N–C) groups is 2. The summed E-state index contributed by atoms with van der Waals surface area (Å²) in [5.41, 5.74) is -4.17. The van der Waals surface area contributed by atoms with Crippen LogP contribution in [-0.4, -0.2) is 298 Å². The molecule has 4 aliphatic heterocycles. The van der Waals surface area contributed by atoms with Crippen LogP contribution in [0.25, 0.3) is 0 Å².